The van der Waals surface area contributed by atoms with Crippen LogP contribution >= 0.6 is 0 Å². The van der Waals surface area contributed by atoms with Gasteiger partial charge in [-0.15, -0.1) is 0 Å². The third kappa shape index (κ3) is 10.8. The Morgan fingerprint density at radius 2 is 1.17 bits per heavy atom. The molecule has 0 aromatic heterocycles. The van der Waals surface area contributed by atoms with Crippen LogP contribution in [-0.2, 0) is 36.6 Å². The zero-order valence-corrected chi connectivity index (χ0v) is 29.7. The van der Waals surface area contributed by atoms with Crippen molar-refractivity contribution in [1.29, 1.82) is 0 Å². The third-order valence-electron chi connectivity index (χ3n) is 9.43. The third-order valence-corrected chi connectivity index (χ3v) is 9.43. The molecule has 0 saturated heterocycles. The van der Waals surface area contributed by atoms with Crippen LogP contribution in [0.3, 0.4) is 0 Å². The molecule has 1 fully saturated rings. The predicted molar refractivity (Wildman–Crippen MR) is 198 cm³/mol. The molecule has 4 aromatic rings. The minimum atomic E-state index is -0.633. The number of carbonyl (C=O) groups excluding carboxylic acids is 4. The minimum absolute atomic E-state index is 0.0406. The van der Waals surface area contributed by atoms with E-state index in [1.54, 1.807) is 24.3 Å². The lowest BCUT2D eigenvalue weighted by molar-refractivity contribution is -0.0784. The number of isocyanates is 2. The Morgan fingerprint density at radius 1 is 0.750 bits per heavy atom. The minimum Gasteiger partial charge on any atom is -0.449 e. The van der Waals surface area contributed by atoms with Gasteiger partial charge in [-0.25, -0.2) is 19.2 Å². The van der Waals surface area contributed by atoms with Gasteiger partial charge in [-0.1, -0.05) is 55.5 Å². The van der Waals surface area contributed by atoms with Crippen molar-refractivity contribution in [2.24, 2.45) is 21.8 Å². The number of nitrogens with zero attached hydrogens (tertiary/aromatic N) is 2. The van der Waals surface area contributed by atoms with Gasteiger partial charge in [0.2, 0.25) is 12.2 Å². The van der Waals surface area contributed by atoms with Crippen molar-refractivity contribution < 1.29 is 33.4 Å². The van der Waals surface area contributed by atoms with E-state index in [4.69, 9.17) is 14.2 Å². The number of hydrogen-bond acceptors (Lipinski definition) is 9. The van der Waals surface area contributed by atoms with Gasteiger partial charge in [0.25, 0.3) is 0 Å². The first-order valence-electron chi connectivity index (χ1n) is 17.0. The van der Waals surface area contributed by atoms with E-state index in [9.17, 15) is 19.2 Å². The quantitative estimate of drug-likeness (QED) is 0.0930. The molecule has 11 heteroatoms. The maximum atomic E-state index is 12.7. The largest absolute Gasteiger partial charge is 0.449 e. The van der Waals surface area contributed by atoms with Crippen LogP contribution in [-0.4, -0.2) is 48.8 Å². The molecule has 2 amide bonds. The Hall–Kier alpha value is -5.86. The van der Waals surface area contributed by atoms with Crippen molar-refractivity contribution in [3.8, 4) is 0 Å². The van der Waals surface area contributed by atoms with E-state index in [1.165, 1.54) is 12.2 Å². The summed E-state index contributed by atoms with van der Waals surface area (Å²) in [7, 11) is 0. The molecular weight excluding hydrogens is 660 g/mol. The topological polar surface area (TPSA) is 145 Å². The zero-order valence-electron chi connectivity index (χ0n) is 29.7. The van der Waals surface area contributed by atoms with Crippen molar-refractivity contribution in [2.75, 3.05) is 23.8 Å². The summed E-state index contributed by atoms with van der Waals surface area (Å²) in [6.45, 7) is 8.32. The number of anilines is 2. The van der Waals surface area contributed by atoms with Crippen molar-refractivity contribution in [2.45, 2.75) is 58.2 Å². The molecule has 5 rings (SSSR count). The van der Waals surface area contributed by atoms with Gasteiger partial charge in [0.1, 0.15) is 5.60 Å². The first-order valence-corrected chi connectivity index (χ1v) is 17.0. The van der Waals surface area contributed by atoms with Crippen LogP contribution in [0.15, 0.2) is 107 Å². The van der Waals surface area contributed by atoms with Gasteiger partial charge in [0, 0.05) is 23.2 Å². The molecule has 0 aliphatic heterocycles. The van der Waals surface area contributed by atoms with Crippen LogP contribution in [0.25, 0.3) is 0 Å². The van der Waals surface area contributed by atoms with Crippen LogP contribution < -0.4 is 10.6 Å². The Bertz CT molecular complexity index is 1930. The van der Waals surface area contributed by atoms with Gasteiger partial charge in [-0.3, -0.25) is 10.6 Å². The summed E-state index contributed by atoms with van der Waals surface area (Å²) in [6, 6.07) is 29.7. The molecule has 268 valence electrons. The standard InChI is InChI=1S/C41H42N4O7/c1-28(24-50-38(48)44-36-17-9-31(10-18-36)21-29-5-13-34(14-6-29)42-26-46)40(2,3)51-25-33-23-41(33,4)52-39(49)45-37-19-11-32(12-20-37)22-30-7-15-35(16-8-30)43-27-47/h5-20,28,33H,21-25H2,1-4H3,(H,44,48)(H,45,49). The van der Waals surface area contributed by atoms with Crippen molar-refractivity contribution in [1.82, 2.24) is 0 Å². The molecule has 3 atom stereocenters. The predicted octanol–water partition coefficient (Wildman–Crippen LogP) is 8.81. The van der Waals surface area contributed by atoms with Gasteiger partial charge < -0.3 is 14.2 Å². The summed E-state index contributed by atoms with van der Waals surface area (Å²) in [5, 5.41) is 5.57. The molecular formula is C41H42N4O7. The van der Waals surface area contributed by atoms with E-state index in [0.717, 1.165) is 22.3 Å². The maximum Gasteiger partial charge on any atom is 0.412 e. The maximum absolute atomic E-state index is 12.7. The van der Waals surface area contributed by atoms with Crippen molar-refractivity contribution >= 4 is 47.1 Å². The summed E-state index contributed by atoms with van der Waals surface area (Å²) in [5.74, 6) is -0.0729. The number of amides is 2. The average Bonchev–Trinajstić information content (AvgIpc) is 3.78. The second-order valence-corrected chi connectivity index (χ2v) is 13.8. The van der Waals surface area contributed by atoms with Crippen molar-refractivity contribution in [3.05, 3.63) is 119 Å². The highest BCUT2D eigenvalue weighted by Gasteiger charge is 2.54. The average molecular weight is 703 g/mol. The van der Waals surface area contributed by atoms with Crippen LogP contribution in [0.2, 0.25) is 0 Å². The number of carbonyl (C=O) groups is 2. The van der Waals surface area contributed by atoms with E-state index in [2.05, 4.69) is 20.6 Å². The Balaban J connectivity index is 0.993. The smallest absolute Gasteiger partial charge is 0.412 e. The van der Waals surface area contributed by atoms with E-state index in [0.29, 0.717) is 48.6 Å². The summed E-state index contributed by atoms with van der Waals surface area (Å²) in [5.41, 5.74) is 5.40. The number of benzene rings is 4. The van der Waals surface area contributed by atoms with E-state index >= 15 is 0 Å². The fourth-order valence-corrected chi connectivity index (χ4v) is 5.52. The lowest BCUT2D eigenvalue weighted by Crippen LogP contribution is -2.37. The fourth-order valence-electron chi connectivity index (χ4n) is 5.52. The highest BCUT2D eigenvalue weighted by Crippen LogP contribution is 2.47. The summed E-state index contributed by atoms with van der Waals surface area (Å²) < 4.78 is 17.5. The summed E-state index contributed by atoms with van der Waals surface area (Å²) in [6.07, 6.45) is 4.06. The molecule has 2 N–H and O–H groups in total. The van der Waals surface area contributed by atoms with Crippen LogP contribution in [0.1, 0.15) is 56.4 Å². The Labute approximate surface area is 303 Å². The number of hydrogen-bond donors (Lipinski definition) is 2. The van der Waals surface area contributed by atoms with Crippen LogP contribution in [0, 0.1) is 11.8 Å². The molecule has 0 radical (unpaired) electrons. The molecule has 1 aliphatic carbocycles. The normalized spacial score (nSPS) is 16.7. The second-order valence-electron chi connectivity index (χ2n) is 13.8. The fraction of sp³-hybridized carbons (Fsp3) is 0.317. The van der Waals surface area contributed by atoms with Gasteiger partial charge in [0.05, 0.1) is 30.2 Å². The lowest BCUT2D eigenvalue weighted by atomic mass is 9.93. The summed E-state index contributed by atoms with van der Waals surface area (Å²) in [4.78, 5) is 53.3. The number of ether oxygens (including phenoxy) is 3. The van der Waals surface area contributed by atoms with E-state index in [1.807, 2.05) is 100 Å². The zero-order chi connectivity index (χ0) is 37.1. The first kappa shape index (κ1) is 37.4. The molecule has 1 saturated carbocycles. The SMILES string of the molecule is CC(COC(=O)Nc1ccc(Cc2ccc(N=C=O)cc2)cc1)C(C)(C)OCC1CC1(C)OC(=O)Nc1ccc(Cc2ccc(N=C=O)cc2)cc1. The Kier molecular flexibility index (Phi) is 12.2. The van der Waals surface area contributed by atoms with Crippen molar-refractivity contribution in [3.63, 3.8) is 0 Å². The van der Waals surface area contributed by atoms with Gasteiger partial charge in [-0.05, 0) is 111 Å². The molecule has 1 aliphatic rings. The molecule has 11 nitrogen and oxygen atoms in total. The van der Waals surface area contributed by atoms with Crippen LogP contribution in [0.5, 0.6) is 0 Å². The Morgan fingerprint density at radius 3 is 1.62 bits per heavy atom. The highest BCUT2D eigenvalue weighted by atomic mass is 16.6. The molecule has 3 unspecified atom stereocenters. The highest BCUT2D eigenvalue weighted by molar-refractivity contribution is 5.85. The number of rotatable bonds is 15. The second kappa shape index (κ2) is 16.9. The lowest BCUT2D eigenvalue weighted by Gasteiger charge is -2.32. The van der Waals surface area contributed by atoms with E-state index < -0.39 is 23.4 Å². The van der Waals surface area contributed by atoms with Crippen LogP contribution in [0.4, 0.5) is 32.3 Å². The van der Waals surface area contributed by atoms with Gasteiger partial charge in [-0.2, -0.15) is 9.98 Å². The first-order chi connectivity index (χ1) is 24.9. The molecule has 0 bridgehead atoms. The van der Waals surface area contributed by atoms with Gasteiger partial charge in [0.15, 0.2) is 0 Å². The molecule has 0 heterocycles. The summed E-state index contributed by atoms with van der Waals surface area (Å²) >= 11 is 0. The monoisotopic (exact) mass is 702 g/mol. The van der Waals surface area contributed by atoms with Gasteiger partial charge >= 0.3 is 12.2 Å². The van der Waals surface area contributed by atoms with E-state index in [-0.39, 0.29) is 18.4 Å². The number of aliphatic imine (C=N–C) groups is 2. The molecule has 52 heavy (non-hydrogen) atoms. The number of nitrogens with one attached hydrogen (secondary N) is 2. The molecule has 0 spiro atoms. The molecule has 4 aromatic carbocycles.